The van der Waals surface area contributed by atoms with Crippen LogP contribution in [0.4, 0.5) is 5.69 Å². The summed E-state index contributed by atoms with van der Waals surface area (Å²) in [5.41, 5.74) is 1.83. The van der Waals surface area contributed by atoms with Gasteiger partial charge in [0.2, 0.25) is 6.41 Å². The van der Waals surface area contributed by atoms with Gasteiger partial charge in [0.05, 0.1) is 0 Å². The van der Waals surface area contributed by atoms with E-state index in [9.17, 15) is 9.59 Å². The molecule has 0 aromatic heterocycles. The zero-order valence-corrected chi connectivity index (χ0v) is 16.5. The first-order valence-electron chi connectivity index (χ1n) is 8.78. The second-order valence-electron chi connectivity index (χ2n) is 7.02. The molecule has 1 amide bonds. The van der Waals surface area contributed by atoms with Gasteiger partial charge < -0.3 is 5.32 Å². The van der Waals surface area contributed by atoms with Crippen molar-refractivity contribution in [1.29, 1.82) is 0 Å². The van der Waals surface area contributed by atoms with Gasteiger partial charge in [-0.05, 0) is 48.9 Å². The van der Waals surface area contributed by atoms with Gasteiger partial charge in [0.25, 0.3) is 0 Å². The molecule has 3 nitrogen and oxygen atoms in total. The number of carbonyl (C=O) groups is 2. The van der Waals surface area contributed by atoms with Gasteiger partial charge in [0.15, 0.2) is 0 Å². The maximum Gasteiger partial charge on any atom is 0.211 e. The molecule has 1 N–H and O–H groups in total. The van der Waals surface area contributed by atoms with Crippen LogP contribution < -0.4 is 5.32 Å². The SMILES string of the molecule is CC(C)C.CC(C)C(=O)CCCCCc1cc(Cl)cc(NC=O)c1. The quantitative estimate of drug-likeness (QED) is 0.443. The first-order valence-corrected chi connectivity index (χ1v) is 9.16. The van der Waals surface area contributed by atoms with Crippen molar-refractivity contribution in [1.82, 2.24) is 0 Å². The normalized spacial score (nSPS) is 10.3. The molecule has 1 aromatic carbocycles. The zero-order valence-electron chi connectivity index (χ0n) is 15.7. The highest BCUT2D eigenvalue weighted by molar-refractivity contribution is 6.31. The number of hydrogen-bond donors (Lipinski definition) is 1. The molecule has 4 heteroatoms. The molecule has 0 heterocycles. The third kappa shape index (κ3) is 12.1. The highest BCUT2D eigenvalue weighted by Crippen LogP contribution is 2.20. The predicted molar refractivity (Wildman–Crippen MR) is 104 cm³/mol. The minimum Gasteiger partial charge on any atom is -0.329 e. The first kappa shape index (κ1) is 22.6. The third-order valence-electron chi connectivity index (χ3n) is 3.22. The maximum atomic E-state index is 11.5. The molecule has 0 radical (unpaired) electrons. The van der Waals surface area contributed by atoms with Crippen LogP contribution in [0.3, 0.4) is 0 Å². The van der Waals surface area contributed by atoms with Gasteiger partial charge in [0, 0.05) is 23.0 Å². The van der Waals surface area contributed by atoms with E-state index < -0.39 is 0 Å². The smallest absolute Gasteiger partial charge is 0.211 e. The van der Waals surface area contributed by atoms with Crippen molar-refractivity contribution >= 4 is 29.5 Å². The van der Waals surface area contributed by atoms with E-state index in [1.807, 2.05) is 26.0 Å². The van der Waals surface area contributed by atoms with Gasteiger partial charge in [-0.15, -0.1) is 0 Å². The molecule has 0 saturated heterocycles. The molecular weight excluding hydrogens is 322 g/mol. The molecule has 1 rings (SSSR count). The Balaban J connectivity index is 0.00000118. The Morgan fingerprint density at radius 3 is 2.25 bits per heavy atom. The number of benzene rings is 1. The fourth-order valence-corrected chi connectivity index (χ4v) is 2.30. The predicted octanol–water partition coefficient (Wildman–Crippen LogP) is 5.90. The Kier molecular flexibility index (Phi) is 12.3. The van der Waals surface area contributed by atoms with E-state index in [0.29, 0.717) is 23.6 Å². The van der Waals surface area contributed by atoms with Crippen molar-refractivity contribution in [3.05, 3.63) is 28.8 Å². The monoisotopic (exact) mass is 353 g/mol. The lowest BCUT2D eigenvalue weighted by Gasteiger charge is -2.06. The minimum atomic E-state index is 0.139. The van der Waals surface area contributed by atoms with Crippen LogP contribution in [0.2, 0.25) is 5.02 Å². The zero-order chi connectivity index (χ0) is 18.5. The molecule has 0 fully saturated rings. The van der Waals surface area contributed by atoms with Gasteiger partial charge >= 0.3 is 0 Å². The average Bonchev–Trinajstić information content (AvgIpc) is 2.45. The van der Waals surface area contributed by atoms with Crippen LogP contribution in [0.25, 0.3) is 0 Å². The Labute approximate surface area is 152 Å². The number of nitrogens with one attached hydrogen (secondary N) is 1. The number of carbonyl (C=O) groups excluding carboxylic acids is 2. The molecule has 0 bridgehead atoms. The van der Waals surface area contributed by atoms with Crippen molar-refractivity contribution in [2.45, 2.75) is 66.7 Å². The lowest BCUT2D eigenvalue weighted by atomic mass is 10.0. The van der Waals surface area contributed by atoms with E-state index in [2.05, 4.69) is 26.1 Å². The number of hydrogen-bond acceptors (Lipinski definition) is 2. The lowest BCUT2D eigenvalue weighted by molar-refractivity contribution is -0.122. The van der Waals surface area contributed by atoms with Crippen LogP contribution in [0, 0.1) is 11.8 Å². The van der Waals surface area contributed by atoms with Crippen LogP contribution in [-0.2, 0) is 16.0 Å². The number of rotatable bonds is 9. The topological polar surface area (TPSA) is 46.2 Å². The molecule has 0 atom stereocenters. The largest absolute Gasteiger partial charge is 0.329 e. The highest BCUT2D eigenvalue weighted by atomic mass is 35.5. The van der Waals surface area contributed by atoms with Crippen LogP contribution >= 0.6 is 11.6 Å². The van der Waals surface area contributed by atoms with Gasteiger partial charge in [-0.1, -0.05) is 52.6 Å². The number of halogens is 1. The molecule has 0 aliphatic rings. The van der Waals surface area contributed by atoms with Crippen molar-refractivity contribution < 1.29 is 9.59 Å². The third-order valence-corrected chi connectivity index (χ3v) is 3.43. The lowest BCUT2D eigenvalue weighted by Crippen LogP contribution is -2.06. The molecular formula is C20H32ClNO2. The summed E-state index contributed by atoms with van der Waals surface area (Å²) in [6.07, 6.45) is 5.22. The maximum absolute atomic E-state index is 11.5. The second kappa shape index (κ2) is 13.0. The fraction of sp³-hybridized carbons (Fsp3) is 0.600. The molecule has 0 aliphatic heterocycles. The van der Waals surface area contributed by atoms with Crippen molar-refractivity contribution in [3.63, 3.8) is 0 Å². The van der Waals surface area contributed by atoms with Crippen molar-refractivity contribution in [2.24, 2.45) is 11.8 Å². The summed E-state index contributed by atoms with van der Waals surface area (Å²) in [6, 6.07) is 5.57. The van der Waals surface area contributed by atoms with E-state index in [4.69, 9.17) is 11.6 Å². The van der Waals surface area contributed by atoms with Crippen molar-refractivity contribution in [3.8, 4) is 0 Å². The Hall–Kier alpha value is -1.35. The van der Waals surface area contributed by atoms with E-state index >= 15 is 0 Å². The van der Waals surface area contributed by atoms with E-state index in [0.717, 1.165) is 42.9 Å². The van der Waals surface area contributed by atoms with E-state index in [1.165, 1.54) is 0 Å². The Bertz CT molecular complexity index is 496. The summed E-state index contributed by atoms with van der Waals surface area (Å²) < 4.78 is 0. The Morgan fingerprint density at radius 2 is 1.71 bits per heavy atom. The summed E-state index contributed by atoms with van der Waals surface area (Å²) in [4.78, 5) is 21.9. The molecule has 0 unspecified atom stereocenters. The molecule has 24 heavy (non-hydrogen) atoms. The number of unbranched alkanes of at least 4 members (excludes halogenated alkanes) is 2. The van der Waals surface area contributed by atoms with Gasteiger partial charge in [-0.25, -0.2) is 0 Å². The summed E-state index contributed by atoms with van der Waals surface area (Å²) in [5, 5.41) is 3.23. The second-order valence-corrected chi connectivity index (χ2v) is 7.46. The minimum absolute atomic E-state index is 0.139. The van der Waals surface area contributed by atoms with E-state index in [-0.39, 0.29) is 5.92 Å². The summed E-state index contributed by atoms with van der Waals surface area (Å²) in [7, 11) is 0. The number of amides is 1. The molecule has 136 valence electrons. The summed E-state index contributed by atoms with van der Waals surface area (Å²) >= 11 is 6.00. The number of aryl methyl sites for hydroxylation is 1. The van der Waals surface area contributed by atoms with Crippen LogP contribution in [-0.4, -0.2) is 12.2 Å². The highest BCUT2D eigenvalue weighted by Gasteiger charge is 2.06. The standard InChI is InChI=1S/C16H22ClNO2.C4H10/c1-12(2)16(20)7-5-3-4-6-13-8-14(17)10-15(9-13)18-11-19;1-4(2)3/h8-12H,3-7H2,1-2H3,(H,18,19);4H,1-3H3. The molecule has 1 aromatic rings. The Morgan fingerprint density at radius 1 is 1.08 bits per heavy atom. The van der Waals surface area contributed by atoms with Crippen molar-refractivity contribution in [2.75, 3.05) is 5.32 Å². The summed E-state index contributed by atoms with van der Waals surface area (Å²) in [6.45, 7) is 10.4. The van der Waals surface area contributed by atoms with Gasteiger partial charge in [-0.2, -0.15) is 0 Å². The average molecular weight is 354 g/mol. The number of Topliss-reactive ketones (excluding diaryl/α,β-unsaturated/α-hetero) is 1. The van der Waals surface area contributed by atoms with Crippen LogP contribution in [0.15, 0.2) is 18.2 Å². The summed E-state index contributed by atoms with van der Waals surface area (Å²) in [5.74, 6) is 1.31. The van der Waals surface area contributed by atoms with Gasteiger partial charge in [-0.3, -0.25) is 9.59 Å². The molecule has 0 saturated carbocycles. The molecule has 0 aliphatic carbocycles. The first-order chi connectivity index (χ1) is 11.3. The number of ketones is 1. The van der Waals surface area contributed by atoms with Gasteiger partial charge in [0.1, 0.15) is 5.78 Å². The van der Waals surface area contributed by atoms with Crippen LogP contribution in [0.5, 0.6) is 0 Å². The number of anilines is 1. The van der Waals surface area contributed by atoms with Crippen LogP contribution in [0.1, 0.15) is 65.9 Å². The van der Waals surface area contributed by atoms with E-state index in [1.54, 1.807) is 6.07 Å². The fourth-order valence-electron chi connectivity index (χ4n) is 2.04. The molecule has 0 spiro atoms.